The largest absolute Gasteiger partial charge is 0.490 e. The van der Waals surface area contributed by atoms with E-state index in [1.54, 1.807) is 0 Å². The molecule has 1 aromatic rings. The van der Waals surface area contributed by atoms with Gasteiger partial charge in [-0.3, -0.25) is 0 Å². The molecule has 2 rings (SSSR count). The number of hydrogen-bond donors (Lipinski definition) is 1. The molecule has 0 fully saturated rings. The molecule has 1 aromatic carbocycles. The molecule has 1 aliphatic rings. The second-order valence-electron chi connectivity index (χ2n) is 4.99. The van der Waals surface area contributed by atoms with Crippen molar-refractivity contribution in [3.63, 3.8) is 0 Å². The van der Waals surface area contributed by atoms with E-state index in [1.807, 2.05) is 25.2 Å². The number of benzene rings is 1. The summed E-state index contributed by atoms with van der Waals surface area (Å²) in [5.74, 6) is 1.62. The fourth-order valence-electron chi connectivity index (χ4n) is 2.85. The highest BCUT2D eigenvalue weighted by atomic mass is 35.5. The molecule has 0 bridgehead atoms. The Kier molecular flexibility index (Phi) is 4.52. The predicted molar refractivity (Wildman–Crippen MR) is 76.4 cm³/mol. The van der Waals surface area contributed by atoms with E-state index in [-0.39, 0.29) is 0 Å². The van der Waals surface area contributed by atoms with E-state index in [0.717, 1.165) is 17.2 Å². The Morgan fingerprint density at radius 1 is 1.39 bits per heavy atom. The van der Waals surface area contributed by atoms with Gasteiger partial charge in [0.25, 0.3) is 0 Å². The Balaban J connectivity index is 2.27. The molecule has 2 atom stereocenters. The minimum Gasteiger partial charge on any atom is -0.490 e. The van der Waals surface area contributed by atoms with Crippen LogP contribution in [0, 0.1) is 5.92 Å². The average molecular weight is 268 g/mol. The van der Waals surface area contributed by atoms with Gasteiger partial charge in [0.1, 0.15) is 11.9 Å². The smallest absolute Gasteiger partial charge is 0.124 e. The van der Waals surface area contributed by atoms with Gasteiger partial charge in [0.15, 0.2) is 0 Å². The maximum Gasteiger partial charge on any atom is 0.124 e. The highest BCUT2D eigenvalue weighted by Crippen LogP contribution is 2.39. The van der Waals surface area contributed by atoms with E-state index in [2.05, 4.69) is 19.2 Å². The SMILES string of the molecule is CCC(CC)C1CC(NC)c2cc(Cl)ccc2O1. The van der Waals surface area contributed by atoms with Crippen LogP contribution in [0.15, 0.2) is 18.2 Å². The molecule has 18 heavy (non-hydrogen) atoms. The zero-order valence-electron chi connectivity index (χ0n) is 11.4. The van der Waals surface area contributed by atoms with Crippen LogP contribution in [0.25, 0.3) is 0 Å². The van der Waals surface area contributed by atoms with Gasteiger partial charge in [-0.1, -0.05) is 25.4 Å². The van der Waals surface area contributed by atoms with Gasteiger partial charge in [0.2, 0.25) is 0 Å². The summed E-state index contributed by atoms with van der Waals surface area (Å²) in [6, 6.07) is 6.26. The van der Waals surface area contributed by atoms with E-state index >= 15 is 0 Å². The third kappa shape index (κ3) is 2.65. The highest BCUT2D eigenvalue weighted by Gasteiger charge is 2.31. The van der Waals surface area contributed by atoms with Crippen molar-refractivity contribution >= 4 is 11.6 Å². The van der Waals surface area contributed by atoms with Crippen molar-refractivity contribution in [3.05, 3.63) is 28.8 Å². The van der Waals surface area contributed by atoms with Gasteiger partial charge >= 0.3 is 0 Å². The fourth-order valence-corrected chi connectivity index (χ4v) is 3.03. The number of ether oxygens (including phenoxy) is 1. The zero-order valence-corrected chi connectivity index (χ0v) is 12.1. The molecule has 3 heteroatoms. The molecule has 1 aliphatic heterocycles. The van der Waals surface area contributed by atoms with Crippen LogP contribution < -0.4 is 10.1 Å². The van der Waals surface area contributed by atoms with Crippen molar-refractivity contribution < 1.29 is 4.74 Å². The van der Waals surface area contributed by atoms with Gasteiger partial charge < -0.3 is 10.1 Å². The Bertz CT molecular complexity index is 403. The molecule has 1 N–H and O–H groups in total. The van der Waals surface area contributed by atoms with E-state index in [0.29, 0.717) is 18.1 Å². The first-order valence-corrected chi connectivity index (χ1v) is 7.20. The standard InChI is InChI=1S/C15H22ClNO/c1-4-10(5-2)15-9-13(17-3)12-8-11(16)6-7-14(12)18-15/h6-8,10,13,15,17H,4-5,9H2,1-3H3. The summed E-state index contributed by atoms with van der Waals surface area (Å²) >= 11 is 6.07. The molecule has 0 saturated carbocycles. The summed E-state index contributed by atoms with van der Waals surface area (Å²) in [5.41, 5.74) is 1.19. The summed E-state index contributed by atoms with van der Waals surface area (Å²) in [7, 11) is 2.00. The molecule has 100 valence electrons. The number of fused-ring (bicyclic) bond motifs is 1. The van der Waals surface area contributed by atoms with Crippen LogP contribution in [-0.4, -0.2) is 13.2 Å². The van der Waals surface area contributed by atoms with Gasteiger partial charge in [-0.2, -0.15) is 0 Å². The van der Waals surface area contributed by atoms with Gasteiger partial charge in [-0.05, 0) is 44.0 Å². The van der Waals surface area contributed by atoms with Crippen LogP contribution in [0.5, 0.6) is 5.75 Å². The molecule has 0 amide bonds. The number of halogens is 1. The summed E-state index contributed by atoms with van der Waals surface area (Å²) in [6.45, 7) is 4.48. The first-order valence-electron chi connectivity index (χ1n) is 6.82. The van der Waals surface area contributed by atoms with Crippen LogP contribution in [0.2, 0.25) is 5.02 Å². The first kappa shape index (κ1) is 13.7. The Morgan fingerprint density at radius 3 is 2.72 bits per heavy atom. The van der Waals surface area contributed by atoms with Crippen molar-refractivity contribution in [2.45, 2.75) is 45.3 Å². The molecule has 0 saturated heterocycles. The molecule has 2 nitrogen and oxygen atoms in total. The van der Waals surface area contributed by atoms with Crippen LogP contribution in [0.3, 0.4) is 0 Å². The Labute approximate surface area is 115 Å². The van der Waals surface area contributed by atoms with E-state index in [1.165, 1.54) is 18.4 Å². The maximum atomic E-state index is 6.16. The van der Waals surface area contributed by atoms with Gasteiger partial charge in [0.05, 0.1) is 0 Å². The van der Waals surface area contributed by atoms with Crippen molar-refractivity contribution in [1.29, 1.82) is 0 Å². The summed E-state index contributed by atoms with van der Waals surface area (Å²) in [6.07, 6.45) is 3.67. The number of hydrogen-bond acceptors (Lipinski definition) is 2. The molecule has 1 heterocycles. The minimum absolute atomic E-state index is 0.311. The molecule has 0 aliphatic carbocycles. The molecule has 0 aromatic heterocycles. The van der Waals surface area contributed by atoms with Gasteiger partial charge in [-0.15, -0.1) is 0 Å². The van der Waals surface area contributed by atoms with E-state index < -0.39 is 0 Å². The van der Waals surface area contributed by atoms with Crippen molar-refractivity contribution in [2.24, 2.45) is 5.92 Å². The molecular weight excluding hydrogens is 246 g/mol. The lowest BCUT2D eigenvalue weighted by Gasteiger charge is -2.36. The van der Waals surface area contributed by atoms with Crippen molar-refractivity contribution in [3.8, 4) is 5.75 Å². The van der Waals surface area contributed by atoms with E-state index in [9.17, 15) is 0 Å². The minimum atomic E-state index is 0.311. The lowest BCUT2D eigenvalue weighted by Crippen LogP contribution is -2.36. The zero-order chi connectivity index (χ0) is 13.1. The monoisotopic (exact) mass is 267 g/mol. The second-order valence-corrected chi connectivity index (χ2v) is 5.43. The highest BCUT2D eigenvalue weighted by molar-refractivity contribution is 6.30. The van der Waals surface area contributed by atoms with Crippen LogP contribution in [0.1, 0.15) is 44.7 Å². The quantitative estimate of drug-likeness (QED) is 0.883. The molecule has 2 unspecified atom stereocenters. The molecule has 0 spiro atoms. The topological polar surface area (TPSA) is 21.3 Å². The number of nitrogens with one attached hydrogen (secondary N) is 1. The fraction of sp³-hybridized carbons (Fsp3) is 0.600. The molecule has 0 radical (unpaired) electrons. The Morgan fingerprint density at radius 2 is 2.11 bits per heavy atom. The normalized spacial score (nSPS) is 22.7. The predicted octanol–water partition coefficient (Wildman–Crippen LogP) is 4.19. The van der Waals surface area contributed by atoms with Crippen molar-refractivity contribution in [1.82, 2.24) is 5.32 Å². The van der Waals surface area contributed by atoms with E-state index in [4.69, 9.17) is 16.3 Å². The van der Waals surface area contributed by atoms with Gasteiger partial charge in [0, 0.05) is 23.0 Å². The third-order valence-electron chi connectivity index (χ3n) is 4.02. The maximum absolute atomic E-state index is 6.16. The Hall–Kier alpha value is -0.730. The summed E-state index contributed by atoms with van der Waals surface area (Å²) in [4.78, 5) is 0. The van der Waals surface area contributed by atoms with Crippen LogP contribution >= 0.6 is 11.6 Å². The lowest BCUT2D eigenvalue weighted by molar-refractivity contribution is 0.0894. The average Bonchev–Trinajstić information content (AvgIpc) is 2.39. The van der Waals surface area contributed by atoms with Crippen molar-refractivity contribution in [2.75, 3.05) is 7.05 Å². The summed E-state index contributed by atoms with van der Waals surface area (Å²) < 4.78 is 6.16. The lowest BCUT2D eigenvalue weighted by atomic mass is 9.87. The van der Waals surface area contributed by atoms with Gasteiger partial charge in [-0.25, -0.2) is 0 Å². The first-order chi connectivity index (χ1) is 8.69. The number of rotatable bonds is 4. The summed E-state index contributed by atoms with van der Waals surface area (Å²) in [5, 5.41) is 4.16. The molecular formula is C15H22ClNO. The second kappa shape index (κ2) is 5.94. The van der Waals surface area contributed by atoms with Crippen LogP contribution in [-0.2, 0) is 0 Å². The van der Waals surface area contributed by atoms with Crippen LogP contribution in [0.4, 0.5) is 0 Å². The third-order valence-corrected chi connectivity index (χ3v) is 4.25.